The number of aryl methyl sites for hydroxylation is 1. The van der Waals surface area contributed by atoms with Crippen LogP contribution in [-0.4, -0.2) is 24.3 Å². The number of anilines is 2. The number of hydrogen-bond acceptors (Lipinski definition) is 2. The molecule has 0 atom stereocenters. The van der Waals surface area contributed by atoms with Crippen LogP contribution in [0.2, 0.25) is 0 Å². The van der Waals surface area contributed by atoms with Gasteiger partial charge >= 0.3 is 0 Å². The average Bonchev–Trinajstić information content (AvgIpc) is 2.19. The number of halogens is 1. The van der Waals surface area contributed by atoms with Gasteiger partial charge in [-0.1, -0.05) is 22.0 Å². The van der Waals surface area contributed by atoms with Gasteiger partial charge in [0.15, 0.2) is 0 Å². The third-order valence-corrected chi connectivity index (χ3v) is 2.85. The molecule has 3 nitrogen and oxygen atoms in total. The molecule has 0 aromatic heterocycles. The second-order valence-corrected chi connectivity index (χ2v) is 6.80. The minimum Gasteiger partial charge on any atom is -0.377 e. The lowest BCUT2D eigenvalue weighted by atomic mass is 10.1. The first-order valence-electron chi connectivity index (χ1n) is 5.50. The third-order valence-electron chi connectivity index (χ3n) is 2.49. The van der Waals surface area contributed by atoms with E-state index >= 15 is 0 Å². The molecule has 1 aromatic carbocycles. The molecule has 1 amide bonds. The molecule has 0 unspecified atom stereocenters. The number of amides is 1. The highest BCUT2D eigenvalue weighted by Gasteiger charge is 2.23. The van der Waals surface area contributed by atoms with E-state index in [0.717, 1.165) is 11.4 Å². The minimum absolute atomic E-state index is 0.0499. The van der Waals surface area contributed by atoms with Crippen LogP contribution in [0.4, 0.5) is 11.4 Å². The molecule has 0 heterocycles. The van der Waals surface area contributed by atoms with Crippen molar-refractivity contribution in [1.29, 1.82) is 0 Å². The van der Waals surface area contributed by atoms with Crippen molar-refractivity contribution >= 4 is 33.2 Å². The van der Waals surface area contributed by atoms with Crippen LogP contribution in [0.1, 0.15) is 19.4 Å². The Balaban J connectivity index is 2.94. The van der Waals surface area contributed by atoms with E-state index in [1.54, 1.807) is 0 Å². The fourth-order valence-corrected chi connectivity index (χ4v) is 1.55. The zero-order valence-corrected chi connectivity index (χ0v) is 12.6. The maximum Gasteiger partial charge on any atom is 0.240 e. The Kier molecular flexibility index (Phi) is 4.20. The van der Waals surface area contributed by atoms with Crippen molar-refractivity contribution in [2.75, 3.05) is 24.3 Å². The Labute approximate surface area is 111 Å². The fourth-order valence-electron chi connectivity index (χ4n) is 1.45. The number of hydrogen-bond donors (Lipinski definition) is 1. The van der Waals surface area contributed by atoms with Crippen molar-refractivity contribution in [2.24, 2.45) is 0 Å². The highest BCUT2D eigenvalue weighted by Crippen LogP contribution is 2.24. The smallest absolute Gasteiger partial charge is 0.240 e. The van der Waals surface area contributed by atoms with Gasteiger partial charge in [-0.2, -0.15) is 0 Å². The van der Waals surface area contributed by atoms with Crippen LogP contribution in [0.3, 0.4) is 0 Å². The summed E-state index contributed by atoms with van der Waals surface area (Å²) in [6.07, 6.45) is 0. The predicted octanol–water partition coefficient (Wildman–Crippen LogP) is 3.17. The normalized spacial score (nSPS) is 11.2. The summed E-state index contributed by atoms with van der Waals surface area (Å²) in [6.45, 7) is 5.70. The minimum atomic E-state index is -0.559. The van der Waals surface area contributed by atoms with E-state index in [0.29, 0.717) is 0 Å². The Morgan fingerprint density at radius 1 is 1.35 bits per heavy atom. The van der Waals surface area contributed by atoms with Gasteiger partial charge in [0.1, 0.15) is 0 Å². The summed E-state index contributed by atoms with van der Waals surface area (Å²) in [6, 6.07) is 5.90. The number of nitrogens with one attached hydrogen (secondary N) is 1. The Morgan fingerprint density at radius 3 is 2.41 bits per heavy atom. The monoisotopic (exact) mass is 298 g/mol. The van der Waals surface area contributed by atoms with E-state index in [9.17, 15) is 4.79 Å². The number of rotatable bonds is 3. The molecular formula is C13H19BrN2O. The van der Waals surface area contributed by atoms with Crippen LogP contribution in [-0.2, 0) is 4.79 Å². The largest absolute Gasteiger partial charge is 0.377 e. The summed E-state index contributed by atoms with van der Waals surface area (Å²) in [5.41, 5.74) is 3.11. The summed E-state index contributed by atoms with van der Waals surface area (Å²) < 4.78 is -0.559. The van der Waals surface area contributed by atoms with Gasteiger partial charge < -0.3 is 10.2 Å². The van der Waals surface area contributed by atoms with Crippen molar-refractivity contribution in [3.05, 3.63) is 23.8 Å². The SMILES string of the molecule is Cc1ccc(NC(=O)C(C)(C)Br)cc1N(C)C. The lowest BCUT2D eigenvalue weighted by molar-refractivity contribution is -0.117. The van der Waals surface area contributed by atoms with Gasteiger partial charge in [-0.05, 0) is 38.5 Å². The van der Waals surface area contributed by atoms with Crippen LogP contribution in [0.15, 0.2) is 18.2 Å². The third kappa shape index (κ3) is 3.73. The molecule has 0 aliphatic heterocycles. The molecule has 0 saturated heterocycles. The quantitative estimate of drug-likeness (QED) is 0.869. The molecule has 1 N–H and O–H groups in total. The van der Waals surface area contributed by atoms with Gasteiger partial charge in [-0.3, -0.25) is 4.79 Å². The summed E-state index contributed by atoms with van der Waals surface area (Å²) in [7, 11) is 3.98. The van der Waals surface area contributed by atoms with E-state index in [1.807, 2.05) is 51.0 Å². The van der Waals surface area contributed by atoms with Crippen LogP contribution < -0.4 is 10.2 Å². The number of carbonyl (C=O) groups is 1. The summed E-state index contributed by atoms with van der Waals surface area (Å²) in [5.74, 6) is -0.0499. The standard InChI is InChI=1S/C13H19BrN2O/c1-9-6-7-10(8-11(9)16(4)5)15-12(17)13(2,3)14/h6-8H,1-5H3,(H,15,17). The highest BCUT2D eigenvalue weighted by atomic mass is 79.9. The maximum atomic E-state index is 11.8. The first-order chi connectivity index (χ1) is 7.71. The Hall–Kier alpha value is -1.03. The zero-order valence-electron chi connectivity index (χ0n) is 11.0. The maximum absolute atomic E-state index is 11.8. The van der Waals surface area contributed by atoms with E-state index < -0.39 is 4.32 Å². The molecule has 0 saturated carbocycles. The van der Waals surface area contributed by atoms with Gasteiger partial charge in [-0.15, -0.1) is 0 Å². The molecule has 0 spiro atoms. The lowest BCUT2D eigenvalue weighted by Crippen LogP contribution is -2.31. The summed E-state index contributed by atoms with van der Waals surface area (Å²) in [4.78, 5) is 13.9. The van der Waals surface area contributed by atoms with Crippen molar-refractivity contribution < 1.29 is 4.79 Å². The number of carbonyl (C=O) groups excluding carboxylic acids is 1. The number of nitrogens with zero attached hydrogens (tertiary/aromatic N) is 1. The van der Waals surface area contributed by atoms with E-state index in [-0.39, 0.29) is 5.91 Å². The van der Waals surface area contributed by atoms with Crippen LogP contribution in [0.5, 0.6) is 0 Å². The van der Waals surface area contributed by atoms with E-state index in [2.05, 4.69) is 28.2 Å². The summed E-state index contributed by atoms with van der Waals surface area (Å²) >= 11 is 3.34. The number of benzene rings is 1. The molecule has 0 aliphatic rings. The van der Waals surface area contributed by atoms with Gasteiger partial charge in [0.05, 0.1) is 4.32 Å². The molecule has 1 aromatic rings. The van der Waals surface area contributed by atoms with E-state index in [4.69, 9.17) is 0 Å². The first-order valence-corrected chi connectivity index (χ1v) is 6.29. The molecule has 1 rings (SSSR count). The topological polar surface area (TPSA) is 32.3 Å². The molecule has 94 valence electrons. The first kappa shape index (κ1) is 14.0. The van der Waals surface area contributed by atoms with Crippen molar-refractivity contribution in [3.8, 4) is 0 Å². The van der Waals surface area contributed by atoms with Gasteiger partial charge in [-0.25, -0.2) is 0 Å². The lowest BCUT2D eigenvalue weighted by Gasteiger charge is -2.19. The van der Waals surface area contributed by atoms with Crippen LogP contribution in [0, 0.1) is 6.92 Å². The zero-order chi connectivity index (χ0) is 13.2. The van der Waals surface area contributed by atoms with Crippen molar-refractivity contribution in [2.45, 2.75) is 25.1 Å². The van der Waals surface area contributed by atoms with Crippen LogP contribution in [0.25, 0.3) is 0 Å². The molecule has 0 fully saturated rings. The van der Waals surface area contributed by atoms with Gasteiger partial charge in [0, 0.05) is 25.5 Å². The van der Waals surface area contributed by atoms with Gasteiger partial charge in [0.25, 0.3) is 0 Å². The molecular weight excluding hydrogens is 280 g/mol. The second kappa shape index (κ2) is 5.08. The molecule has 0 radical (unpaired) electrons. The molecule has 0 aliphatic carbocycles. The molecule has 4 heteroatoms. The predicted molar refractivity (Wildman–Crippen MR) is 77.1 cm³/mol. The molecule has 17 heavy (non-hydrogen) atoms. The van der Waals surface area contributed by atoms with Crippen molar-refractivity contribution in [1.82, 2.24) is 0 Å². The van der Waals surface area contributed by atoms with Gasteiger partial charge in [0.2, 0.25) is 5.91 Å². The number of alkyl halides is 1. The van der Waals surface area contributed by atoms with Crippen LogP contribution >= 0.6 is 15.9 Å². The fraction of sp³-hybridized carbons (Fsp3) is 0.462. The second-order valence-electron chi connectivity index (χ2n) is 4.82. The van der Waals surface area contributed by atoms with E-state index in [1.165, 1.54) is 5.56 Å². The Morgan fingerprint density at radius 2 is 1.94 bits per heavy atom. The summed E-state index contributed by atoms with van der Waals surface area (Å²) in [5, 5.41) is 2.89. The average molecular weight is 299 g/mol. The van der Waals surface area contributed by atoms with Crippen molar-refractivity contribution in [3.63, 3.8) is 0 Å². The Bertz CT molecular complexity index is 422. The molecule has 0 bridgehead atoms. The highest BCUT2D eigenvalue weighted by molar-refractivity contribution is 9.10.